The van der Waals surface area contributed by atoms with Gasteiger partial charge in [0, 0.05) is 37.1 Å². The van der Waals surface area contributed by atoms with Gasteiger partial charge in [0.05, 0.1) is 0 Å². The Hall–Kier alpha value is -3.12. The monoisotopic (exact) mass is 401 g/mol. The lowest BCUT2D eigenvalue weighted by Gasteiger charge is -2.26. The fraction of sp³-hybridized carbons (Fsp3) is 0.174. The number of oxazole rings is 1. The first kappa shape index (κ1) is 17.9. The topological polar surface area (TPSA) is 59.2 Å². The molecule has 0 saturated carbocycles. The number of carbonyl (C=O) groups is 1. The average molecular weight is 401 g/mol. The quantitative estimate of drug-likeness (QED) is 0.500. The van der Waals surface area contributed by atoms with E-state index in [1.54, 1.807) is 11.1 Å². The van der Waals surface area contributed by atoms with Crippen LogP contribution in [0.2, 0.25) is 0 Å². The zero-order valence-electron chi connectivity index (χ0n) is 15.9. The van der Waals surface area contributed by atoms with E-state index < -0.39 is 0 Å². The predicted molar refractivity (Wildman–Crippen MR) is 116 cm³/mol. The summed E-state index contributed by atoms with van der Waals surface area (Å²) >= 11 is 4.74. The van der Waals surface area contributed by atoms with Crippen LogP contribution >= 0.6 is 12.6 Å². The van der Waals surface area contributed by atoms with Gasteiger partial charge < -0.3 is 9.32 Å². The van der Waals surface area contributed by atoms with Crippen molar-refractivity contribution >= 4 is 35.3 Å². The molecule has 4 aromatic rings. The van der Waals surface area contributed by atoms with Crippen molar-refractivity contribution in [1.82, 2.24) is 9.97 Å². The van der Waals surface area contributed by atoms with Gasteiger partial charge >= 0.3 is 0 Å². The van der Waals surface area contributed by atoms with Crippen LogP contribution in [0.15, 0.2) is 65.3 Å². The number of anilines is 1. The Morgan fingerprint density at radius 2 is 1.93 bits per heavy atom. The van der Waals surface area contributed by atoms with E-state index in [0.717, 1.165) is 39.9 Å². The number of hydrogen-bond acceptors (Lipinski definition) is 5. The van der Waals surface area contributed by atoms with E-state index in [1.165, 1.54) is 5.56 Å². The minimum absolute atomic E-state index is 0.158. The molecule has 1 aliphatic rings. The van der Waals surface area contributed by atoms with Gasteiger partial charge in [-0.1, -0.05) is 18.2 Å². The maximum absolute atomic E-state index is 11.9. The normalized spacial score (nSPS) is 14.8. The summed E-state index contributed by atoms with van der Waals surface area (Å²) in [7, 11) is 1.83. The molecule has 0 spiro atoms. The van der Waals surface area contributed by atoms with E-state index in [2.05, 4.69) is 22.1 Å². The van der Waals surface area contributed by atoms with Crippen LogP contribution < -0.4 is 4.90 Å². The second-order valence-electron chi connectivity index (χ2n) is 7.23. The fourth-order valence-corrected chi connectivity index (χ4v) is 4.00. The molecule has 0 fully saturated rings. The molecule has 2 aromatic heterocycles. The number of nitrogens with zero attached hydrogens (tertiary/aromatic N) is 3. The number of rotatable bonds is 3. The highest BCUT2D eigenvalue weighted by molar-refractivity contribution is 7.80. The van der Waals surface area contributed by atoms with Crippen molar-refractivity contribution in [3.05, 3.63) is 77.9 Å². The summed E-state index contributed by atoms with van der Waals surface area (Å²) in [6, 6.07) is 15.9. The molecule has 1 amide bonds. The summed E-state index contributed by atoms with van der Waals surface area (Å²) in [6.07, 6.45) is 4.94. The molecular formula is C23H19N3O2S. The Morgan fingerprint density at radius 1 is 1.07 bits per heavy atom. The number of pyridine rings is 1. The predicted octanol–water partition coefficient (Wildman–Crippen LogP) is 4.82. The van der Waals surface area contributed by atoms with Crippen LogP contribution in [-0.4, -0.2) is 22.9 Å². The molecule has 5 rings (SSSR count). The molecule has 0 bridgehead atoms. The summed E-state index contributed by atoms with van der Waals surface area (Å²) < 4.78 is 5.87. The minimum atomic E-state index is -0.309. The number of amides is 1. The molecule has 144 valence electrons. The van der Waals surface area contributed by atoms with Gasteiger partial charge in [-0.2, -0.15) is 12.6 Å². The second kappa shape index (κ2) is 7.04. The van der Waals surface area contributed by atoms with Crippen molar-refractivity contribution < 1.29 is 9.21 Å². The maximum Gasteiger partial charge on any atom is 0.227 e. The van der Waals surface area contributed by atoms with Crippen LogP contribution in [0.1, 0.15) is 28.7 Å². The van der Waals surface area contributed by atoms with Gasteiger partial charge in [0.25, 0.3) is 0 Å². The van der Waals surface area contributed by atoms with E-state index in [-0.39, 0.29) is 11.2 Å². The van der Waals surface area contributed by atoms with E-state index in [0.29, 0.717) is 12.3 Å². The number of fused-ring (bicyclic) bond motifs is 2. The molecule has 0 N–H and O–H groups in total. The molecule has 5 nitrogen and oxygen atoms in total. The van der Waals surface area contributed by atoms with E-state index in [1.807, 2.05) is 49.6 Å². The number of hydrogen-bond donors (Lipinski definition) is 1. The van der Waals surface area contributed by atoms with E-state index in [4.69, 9.17) is 17.0 Å². The highest BCUT2D eigenvalue weighted by Crippen LogP contribution is 2.34. The van der Waals surface area contributed by atoms with Crippen LogP contribution in [-0.2, 0) is 11.2 Å². The largest absolute Gasteiger partial charge is 0.439 e. The van der Waals surface area contributed by atoms with Crippen LogP contribution in [0.3, 0.4) is 0 Å². The summed E-state index contributed by atoms with van der Waals surface area (Å²) in [5.74, 6) is 0.712. The van der Waals surface area contributed by atoms with E-state index >= 15 is 0 Å². The molecular weight excluding hydrogens is 382 g/mol. The first-order valence-electron chi connectivity index (χ1n) is 9.48. The van der Waals surface area contributed by atoms with Crippen LogP contribution in [0.25, 0.3) is 22.2 Å². The molecule has 29 heavy (non-hydrogen) atoms. The smallest absolute Gasteiger partial charge is 0.227 e. The summed E-state index contributed by atoms with van der Waals surface area (Å²) in [5.41, 5.74) is 6.71. The zero-order chi connectivity index (χ0) is 20.0. The van der Waals surface area contributed by atoms with Crippen LogP contribution in [0, 0.1) is 0 Å². The van der Waals surface area contributed by atoms with Crippen molar-refractivity contribution in [3.8, 4) is 11.1 Å². The highest BCUT2D eigenvalue weighted by Gasteiger charge is 2.22. The van der Waals surface area contributed by atoms with Gasteiger partial charge in [-0.05, 0) is 53.4 Å². The summed E-state index contributed by atoms with van der Waals surface area (Å²) in [4.78, 5) is 22.6. The standard InChI is InChI=1S/C23H19N3O2S/c1-26-19-8-6-14(10-15(19)7-9-21(26)27)16-11-17(13-24-12-16)22(29)23-25-18-4-2-3-5-20(18)28-23/h2-6,8,10-13,22,29H,7,9H2,1H3. The van der Waals surface area contributed by atoms with Crippen LogP contribution in [0.4, 0.5) is 5.69 Å². The molecule has 2 aromatic carbocycles. The fourth-order valence-electron chi connectivity index (χ4n) is 3.75. The lowest BCUT2D eigenvalue weighted by atomic mass is 9.96. The SMILES string of the molecule is CN1C(=O)CCc2cc(-c3cncc(C(S)c4nc5ccccc5o4)c3)ccc21. The number of para-hydroxylation sites is 2. The van der Waals surface area contributed by atoms with Gasteiger partial charge in [0.2, 0.25) is 11.8 Å². The third-order valence-electron chi connectivity index (χ3n) is 5.38. The Labute approximate surface area is 173 Å². The molecule has 0 saturated heterocycles. The molecule has 3 heterocycles. The van der Waals surface area contributed by atoms with Crippen LogP contribution in [0.5, 0.6) is 0 Å². The first-order valence-corrected chi connectivity index (χ1v) is 10.00. The Balaban J connectivity index is 1.49. The van der Waals surface area contributed by atoms with Crippen molar-refractivity contribution in [2.24, 2.45) is 0 Å². The number of carbonyl (C=O) groups excluding carboxylic acids is 1. The van der Waals surface area contributed by atoms with Gasteiger partial charge in [0.15, 0.2) is 5.58 Å². The van der Waals surface area contributed by atoms with Crippen molar-refractivity contribution in [3.63, 3.8) is 0 Å². The minimum Gasteiger partial charge on any atom is -0.439 e. The number of thiol groups is 1. The number of aryl methyl sites for hydroxylation is 1. The Kier molecular flexibility index (Phi) is 4.36. The lowest BCUT2D eigenvalue weighted by Crippen LogP contribution is -2.30. The van der Waals surface area contributed by atoms with Gasteiger partial charge in [-0.25, -0.2) is 4.98 Å². The third-order valence-corrected chi connectivity index (χ3v) is 5.89. The third kappa shape index (κ3) is 3.19. The zero-order valence-corrected chi connectivity index (χ0v) is 16.8. The number of benzene rings is 2. The summed E-state index contributed by atoms with van der Waals surface area (Å²) in [5, 5.41) is -0.309. The van der Waals surface area contributed by atoms with Gasteiger partial charge in [-0.3, -0.25) is 9.78 Å². The Morgan fingerprint density at radius 3 is 2.79 bits per heavy atom. The molecule has 1 unspecified atom stereocenters. The van der Waals surface area contributed by atoms with Gasteiger partial charge in [0.1, 0.15) is 10.8 Å². The highest BCUT2D eigenvalue weighted by atomic mass is 32.1. The van der Waals surface area contributed by atoms with E-state index in [9.17, 15) is 4.79 Å². The second-order valence-corrected chi connectivity index (χ2v) is 7.74. The molecule has 0 aliphatic carbocycles. The average Bonchev–Trinajstić information content (AvgIpc) is 3.20. The van der Waals surface area contributed by atoms with Crippen molar-refractivity contribution in [1.29, 1.82) is 0 Å². The molecule has 1 atom stereocenters. The maximum atomic E-state index is 11.9. The van der Waals surface area contributed by atoms with Crippen molar-refractivity contribution in [2.45, 2.75) is 18.1 Å². The van der Waals surface area contributed by atoms with Gasteiger partial charge in [-0.15, -0.1) is 0 Å². The molecule has 6 heteroatoms. The summed E-state index contributed by atoms with van der Waals surface area (Å²) in [6.45, 7) is 0. The van der Waals surface area contributed by atoms with Crippen molar-refractivity contribution in [2.75, 3.05) is 11.9 Å². The number of aromatic nitrogens is 2. The lowest BCUT2D eigenvalue weighted by molar-refractivity contribution is -0.118. The molecule has 0 radical (unpaired) electrons. The Bertz CT molecular complexity index is 1200. The first-order chi connectivity index (χ1) is 14.1. The molecule has 1 aliphatic heterocycles.